The number of esters is 1. The van der Waals surface area contributed by atoms with E-state index in [9.17, 15) is 14.4 Å². The number of nitrogens with one attached hydrogen (secondary N) is 3. The zero-order valence-electron chi connectivity index (χ0n) is 18.9. The van der Waals surface area contributed by atoms with Crippen molar-refractivity contribution in [3.8, 4) is 0 Å². The maximum Gasteiger partial charge on any atom is 0.324 e. The number of hydrogen-bond donors (Lipinski definition) is 4. The predicted molar refractivity (Wildman–Crippen MR) is 129 cm³/mol. The van der Waals surface area contributed by atoms with E-state index in [4.69, 9.17) is 33.7 Å². The van der Waals surface area contributed by atoms with Crippen LogP contribution in [0.1, 0.15) is 47.5 Å². The summed E-state index contributed by atoms with van der Waals surface area (Å²) in [6, 6.07) is 3.87. The molecule has 1 unspecified atom stereocenters. The summed E-state index contributed by atoms with van der Waals surface area (Å²) in [5, 5.41) is 13.4. The number of carbonyl (C=O) groups excluding carboxylic acids is 3. The smallest absolute Gasteiger partial charge is 0.324 e. The van der Waals surface area contributed by atoms with Gasteiger partial charge in [0, 0.05) is 6.04 Å². The van der Waals surface area contributed by atoms with Crippen LogP contribution in [0.5, 0.6) is 0 Å². The first-order valence-electron chi connectivity index (χ1n) is 10.9. The van der Waals surface area contributed by atoms with Gasteiger partial charge in [0.1, 0.15) is 6.04 Å². The molecule has 2 amide bonds. The summed E-state index contributed by atoms with van der Waals surface area (Å²) < 4.78 is 6.46. The summed E-state index contributed by atoms with van der Waals surface area (Å²) in [6.45, 7) is 4.91. The summed E-state index contributed by atoms with van der Waals surface area (Å²) in [5.74, 6) is -1.77. The van der Waals surface area contributed by atoms with E-state index in [1.807, 2.05) is 0 Å². The molecule has 0 bridgehead atoms. The van der Waals surface area contributed by atoms with E-state index in [-0.39, 0.29) is 45.7 Å². The fourth-order valence-corrected chi connectivity index (χ4v) is 3.93. The van der Waals surface area contributed by atoms with Gasteiger partial charge >= 0.3 is 5.97 Å². The molecule has 34 heavy (non-hydrogen) atoms. The predicted octanol–water partition coefficient (Wildman–Crippen LogP) is 2.41. The molecule has 10 nitrogen and oxygen atoms in total. The van der Waals surface area contributed by atoms with Crippen LogP contribution in [0.3, 0.4) is 0 Å². The van der Waals surface area contributed by atoms with Crippen molar-refractivity contribution in [3.05, 3.63) is 45.7 Å². The first-order chi connectivity index (χ1) is 16.2. The number of aromatic nitrogens is 2. The average Bonchev–Trinajstić information content (AvgIpc) is 3.20. The Morgan fingerprint density at radius 1 is 1.21 bits per heavy atom. The number of amides is 2. The van der Waals surface area contributed by atoms with Crippen LogP contribution in [0.4, 0.5) is 5.69 Å². The number of anilines is 1. The van der Waals surface area contributed by atoms with Crippen LogP contribution in [-0.4, -0.2) is 52.7 Å². The van der Waals surface area contributed by atoms with Gasteiger partial charge in [-0.1, -0.05) is 43.1 Å². The lowest BCUT2D eigenvalue weighted by Gasteiger charge is -2.23. The lowest BCUT2D eigenvalue weighted by molar-refractivity contribution is -0.150. The lowest BCUT2D eigenvalue weighted by Crippen LogP contribution is -2.43. The van der Waals surface area contributed by atoms with Gasteiger partial charge < -0.3 is 26.4 Å². The number of piperidine rings is 1. The highest BCUT2D eigenvalue weighted by atomic mass is 35.5. The van der Waals surface area contributed by atoms with Gasteiger partial charge in [0.25, 0.3) is 11.8 Å². The summed E-state index contributed by atoms with van der Waals surface area (Å²) in [7, 11) is 0. The van der Waals surface area contributed by atoms with Gasteiger partial charge in [-0.25, -0.2) is 4.68 Å². The van der Waals surface area contributed by atoms with Gasteiger partial charge in [-0.05, 0) is 44.0 Å². The van der Waals surface area contributed by atoms with Gasteiger partial charge in [-0.3, -0.25) is 14.4 Å². The van der Waals surface area contributed by atoms with Crippen LogP contribution >= 0.6 is 23.2 Å². The summed E-state index contributed by atoms with van der Waals surface area (Å²) in [4.78, 5) is 38.0. The number of hydrogen-bond acceptors (Lipinski definition) is 7. The molecule has 1 fully saturated rings. The van der Waals surface area contributed by atoms with E-state index in [1.54, 1.807) is 19.9 Å². The van der Waals surface area contributed by atoms with E-state index in [0.29, 0.717) is 0 Å². The Bertz CT molecular complexity index is 1030. The van der Waals surface area contributed by atoms with Crippen molar-refractivity contribution in [3.63, 3.8) is 0 Å². The number of ether oxygens (including phenoxy) is 1. The number of benzene rings is 1. The van der Waals surface area contributed by atoms with Crippen LogP contribution in [0.2, 0.25) is 10.0 Å². The molecule has 0 aliphatic carbocycles. The number of nitrogens with zero attached hydrogens (tertiary/aromatic N) is 2. The first-order valence-corrected chi connectivity index (χ1v) is 11.7. The van der Waals surface area contributed by atoms with Gasteiger partial charge in [0.2, 0.25) is 0 Å². The molecule has 184 valence electrons. The number of halogens is 2. The van der Waals surface area contributed by atoms with E-state index >= 15 is 0 Å². The second-order valence-corrected chi connectivity index (χ2v) is 9.16. The van der Waals surface area contributed by atoms with E-state index in [2.05, 4.69) is 21.0 Å². The second-order valence-electron chi connectivity index (χ2n) is 8.34. The normalized spacial score (nSPS) is 15.1. The monoisotopic (exact) mass is 510 g/mol. The summed E-state index contributed by atoms with van der Waals surface area (Å²) >= 11 is 12.3. The number of carbonyl (C=O) groups is 3. The molecular weight excluding hydrogens is 483 g/mol. The molecule has 1 aromatic carbocycles. The Morgan fingerprint density at radius 3 is 2.47 bits per heavy atom. The van der Waals surface area contributed by atoms with Crippen molar-refractivity contribution < 1.29 is 19.1 Å². The van der Waals surface area contributed by atoms with Crippen molar-refractivity contribution in [2.75, 3.05) is 18.4 Å². The minimum atomic E-state index is -0.792. The van der Waals surface area contributed by atoms with Crippen LogP contribution in [0.15, 0.2) is 24.4 Å². The number of rotatable bonds is 8. The van der Waals surface area contributed by atoms with E-state index < -0.39 is 23.8 Å². The molecular formula is C22H28Cl2N6O4. The Labute approximate surface area is 207 Å². The topological polar surface area (TPSA) is 140 Å². The molecule has 0 spiro atoms. The highest BCUT2D eigenvalue weighted by Gasteiger charge is 2.25. The van der Waals surface area contributed by atoms with E-state index in [1.165, 1.54) is 23.0 Å². The average molecular weight is 511 g/mol. The molecule has 2 heterocycles. The molecule has 5 N–H and O–H groups in total. The maximum atomic E-state index is 13.0. The van der Waals surface area contributed by atoms with Crippen LogP contribution in [0.25, 0.3) is 0 Å². The lowest BCUT2D eigenvalue weighted by atomic mass is 10.1. The third kappa shape index (κ3) is 6.47. The standard InChI is InChI=1S/C22H28Cl2N6O4/c1-12(2)18(25)22(33)34-11-30-10-16(28-20(31)17-14(23)4-3-5-15(17)24)19(29-30)21(32)27-13-6-8-26-9-7-13/h3-5,10,12-13,18,26H,6-9,11,25H2,1-2H3,(H,27,32)(H,28,31). The molecule has 3 rings (SSSR count). The summed E-state index contributed by atoms with van der Waals surface area (Å²) in [6.07, 6.45) is 2.94. The van der Waals surface area contributed by atoms with Crippen molar-refractivity contribution in [1.82, 2.24) is 20.4 Å². The highest BCUT2D eigenvalue weighted by Crippen LogP contribution is 2.26. The molecule has 0 radical (unpaired) electrons. The fourth-order valence-electron chi connectivity index (χ4n) is 3.36. The quantitative estimate of drug-likeness (QED) is 0.399. The van der Waals surface area contributed by atoms with E-state index in [0.717, 1.165) is 25.9 Å². The van der Waals surface area contributed by atoms with Crippen molar-refractivity contribution in [2.45, 2.75) is 45.5 Å². The molecule has 2 aromatic rings. The summed E-state index contributed by atoms with van der Waals surface area (Å²) in [5.41, 5.74) is 5.98. The minimum absolute atomic E-state index is 0.0256. The van der Waals surface area contributed by atoms with Gasteiger partial charge in [-0.2, -0.15) is 5.10 Å². The van der Waals surface area contributed by atoms with Gasteiger partial charge in [0.15, 0.2) is 12.4 Å². The van der Waals surface area contributed by atoms with Gasteiger partial charge in [-0.15, -0.1) is 0 Å². The third-order valence-electron chi connectivity index (χ3n) is 5.42. The largest absolute Gasteiger partial charge is 0.441 e. The zero-order valence-corrected chi connectivity index (χ0v) is 20.4. The Kier molecular flexibility index (Phi) is 8.90. The molecule has 12 heteroatoms. The minimum Gasteiger partial charge on any atom is -0.441 e. The number of nitrogens with two attached hydrogens (primary N) is 1. The molecule has 0 saturated carbocycles. The molecule has 1 atom stereocenters. The molecule has 1 aliphatic rings. The molecule has 1 aliphatic heterocycles. The second kappa shape index (κ2) is 11.7. The Hall–Kier alpha value is -2.66. The van der Waals surface area contributed by atoms with Crippen molar-refractivity contribution in [1.29, 1.82) is 0 Å². The molecule has 1 saturated heterocycles. The SMILES string of the molecule is CC(C)C(N)C(=O)OCn1cc(NC(=O)c2c(Cl)cccc2Cl)c(C(=O)NC2CCNCC2)n1. The Balaban J connectivity index is 1.82. The van der Waals surface area contributed by atoms with Crippen LogP contribution in [0, 0.1) is 5.92 Å². The first kappa shape index (κ1) is 26.0. The Morgan fingerprint density at radius 2 is 1.85 bits per heavy atom. The highest BCUT2D eigenvalue weighted by molar-refractivity contribution is 6.40. The van der Waals surface area contributed by atoms with Gasteiger partial charge in [0.05, 0.1) is 27.5 Å². The van der Waals surface area contributed by atoms with Crippen molar-refractivity contribution >= 4 is 46.7 Å². The maximum absolute atomic E-state index is 13.0. The van der Waals surface area contributed by atoms with Crippen molar-refractivity contribution in [2.24, 2.45) is 11.7 Å². The van der Waals surface area contributed by atoms with Crippen LogP contribution in [-0.2, 0) is 16.3 Å². The third-order valence-corrected chi connectivity index (χ3v) is 6.05. The zero-order chi connectivity index (χ0) is 24.8. The molecule has 1 aromatic heterocycles. The fraction of sp³-hybridized carbons (Fsp3) is 0.455. The van der Waals surface area contributed by atoms with Crippen LogP contribution < -0.4 is 21.7 Å².